The minimum absolute atomic E-state index is 0.000541. The van der Waals surface area contributed by atoms with Crippen molar-refractivity contribution in [2.24, 2.45) is 0 Å². The minimum atomic E-state index is -3.95. The van der Waals surface area contributed by atoms with Crippen molar-refractivity contribution in [2.75, 3.05) is 30.1 Å². The summed E-state index contributed by atoms with van der Waals surface area (Å²) in [6.45, 7) is 1.41. The number of ether oxygens (including phenoxy) is 2. The molecular weight excluding hydrogens is 483 g/mol. The Kier molecular flexibility index (Phi) is 7.68. The van der Waals surface area contributed by atoms with Crippen LogP contribution in [0.4, 0.5) is 15.8 Å². The number of sulfonamides is 1. The van der Waals surface area contributed by atoms with Crippen molar-refractivity contribution in [3.05, 3.63) is 82.1 Å². The van der Waals surface area contributed by atoms with Gasteiger partial charge in [0.1, 0.15) is 5.82 Å². The Morgan fingerprint density at radius 3 is 2.32 bits per heavy atom. The Labute approximate surface area is 203 Å². The lowest BCUT2D eigenvalue weighted by molar-refractivity contribution is 0.102. The molecule has 0 aliphatic rings. The van der Waals surface area contributed by atoms with E-state index in [1.807, 2.05) is 0 Å². The molecule has 0 heterocycles. The first-order chi connectivity index (χ1) is 16.1. The van der Waals surface area contributed by atoms with Gasteiger partial charge in [-0.05, 0) is 36.8 Å². The molecule has 3 aromatic carbocycles. The van der Waals surface area contributed by atoms with Crippen molar-refractivity contribution in [3.63, 3.8) is 0 Å². The quantitative estimate of drug-likeness (QED) is 0.463. The highest BCUT2D eigenvalue weighted by Crippen LogP contribution is 2.37. The highest BCUT2D eigenvalue weighted by molar-refractivity contribution is 7.92. The predicted molar refractivity (Wildman–Crippen MR) is 131 cm³/mol. The summed E-state index contributed by atoms with van der Waals surface area (Å²) in [5.41, 5.74) is 1.23. The number of rotatable bonds is 8. The Morgan fingerprint density at radius 2 is 1.71 bits per heavy atom. The summed E-state index contributed by atoms with van der Waals surface area (Å²) in [7, 11) is -1.17. The summed E-state index contributed by atoms with van der Waals surface area (Å²) in [6, 6.07) is 13.6. The van der Waals surface area contributed by atoms with E-state index in [9.17, 15) is 17.6 Å². The average Bonchev–Trinajstić information content (AvgIpc) is 2.79. The maximum atomic E-state index is 14.4. The number of anilines is 2. The van der Waals surface area contributed by atoms with Gasteiger partial charge in [0.2, 0.25) is 10.0 Å². The van der Waals surface area contributed by atoms with Crippen LogP contribution in [-0.4, -0.2) is 34.8 Å². The number of nitrogens with one attached hydrogen (secondary N) is 1. The van der Waals surface area contributed by atoms with Gasteiger partial charge in [-0.3, -0.25) is 9.10 Å². The zero-order chi connectivity index (χ0) is 25.0. The van der Waals surface area contributed by atoms with Gasteiger partial charge in [-0.25, -0.2) is 12.8 Å². The molecule has 0 aliphatic heterocycles. The van der Waals surface area contributed by atoms with Gasteiger partial charge in [-0.15, -0.1) is 0 Å². The number of benzene rings is 3. The molecule has 0 saturated carbocycles. The summed E-state index contributed by atoms with van der Waals surface area (Å²) in [4.78, 5) is 13.4. The van der Waals surface area contributed by atoms with Crippen LogP contribution in [-0.2, 0) is 16.6 Å². The van der Waals surface area contributed by atoms with E-state index in [0.717, 1.165) is 10.6 Å². The zero-order valence-electron chi connectivity index (χ0n) is 19.1. The first-order valence-corrected chi connectivity index (χ1v) is 12.3. The largest absolute Gasteiger partial charge is 0.493 e. The van der Waals surface area contributed by atoms with E-state index < -0.39 is 21.7 Å². The van der Waals surface area contributed by atoms with Gasteiger partial charge in [0.05, 0.1) is 38.3 Å². The summed E-state index contributed by atoms with van der Waals surface area (Å²) in [5, 5.41) is 3.22. The molecule has 1 amide bonds. The van der Waals surface area contributed by atoms with Crippen molar-refractivity contribution in [1.29, 1.82) is 0 Å². The lowest BCUT2D eigenvalue weighted by atomic mass is 10.1. The van der Waals surface area contributed by atoms with Crippen LogP contribution >= 0.6 is 11.6 Å². The third-order valence-corrected chi connectivity index (χ3v) is 6.74. The van der Waals surface area contributed by atoms with Crippen LogP contribution in [0.15, 0.2) is 54.6 Å². The maximum absolute atomic E-state index is 14.4. The van der Waals surface area contributed by atoms with E-state index in [0.29, 0.717) is 16.3 Å². The first-order valence-electron chi connectivity index (χ1n) is 10.1. The summed E-state index contributed by atoms with van der Waals surface area (Å²) < 4.78 is 51.6. The van der Waals surface area contributed by atoms with Crippen LogP contribution in [0.25, 0.3) is 0 Å². The number of methoxy groups -OCH3 is 2. The SMILES string of the molecule is COc1cc(C(=O)Nc2cccc(Cl)c2C)c(N(Cc2ccccc2F)S(C)(=O)=O)cc1OC. The van der Waals surface area contributed by atoms with Gasteiger partial charge in [-0.2, -0.15) is 0 Å². The zero-order valence-corrected chi connectivity index (χ0v) is 20.6. The van der Waals surface area contributed by atoms with Gasteiger partial charge in [0, 0.05) is 22.3 Å². The predicted octanol–water partition coefficient (Wildman–Crippen LogP) is 5.02. The lowest BCUT2D eigenvalue weighted by Crippen LogP contribution is -2.32. The molecule has 0 saturated heterocycles. The van der Waals surface area contributed by atoms with Crippen molar-refractivity contribution in [3.8, 4) is 11.5 Å². The van der Waals surface area contributed by atoms with Crippen LogP contribution < -0.4 is 19.1 Å². The highest BCUT2D eigenvalue weighted by Gasteiger charge is 2.27. The molecule has 0 spiro atoms. The fourth-order valence-electron chi connectivity index (χ4n) is 3.35. The topological polar surface area (TPSA) is 84.9 Å². The normalized spacial score (nSPS) is 11.1. The van der Waals surface area contributed by atoms with E-state index >= 15 is 0 Å². The Morgan fingerprint density at radius 1 is 1.06 bits per heavy atom. The molecule has 34 heavy (non-hydrogen) atoms. The molecule has 7 nitrogen and oxygen atoms in total. The van der Waals surface area contributed by atoms with E-state index in [4.69, 9.17) is 21.1 Å². The summed E-state index contributed by atoms with van der Waals surface area (Å²) >= 11 is 6.17. The Bertz CT molecular complexity index is 1330. The number of hydrogen-bond acceptors (Lipinski definition) is 5. The second-order valence-corrected chi connectivity index (χ2v) is 9.77. The molecule has 0 radical (unpaired) electrons. The lowest BCUT2D eigenvalue weighted by Gasteiger charge is -2.26. The second kappa shape index (κ2) is 10.3. The standard InChI is InChI=1S/C24H24ClFN2O5S/c1-15-18(25)9-7-11-20(15)27-24(29)17-12-22(32-2)23(33-3)13-21(17)28(34(4,30)31)14-16-8-5-6-10-19(16)26/h5-13H,14H2,1-4H3,(H,27,29). The number of nitrogens with zero attached hydrogens (tertiary/aromatic N) is 1. The molecular formula is C24H24ClFN2O5S. The third-order valence-electron chi connectivity index (χ3n) is 5.20. The van der Waals surface area contributed by atoms with Crippen molar-refractivity contribution in [1.82, 2.24) is 0 Å². The monoisotopic (exact) mass is 506 g/mol. The third kappa shape index (κ3) is 5.43. The molecule has 1 N–H and O–H groups in total. The molecule has 0 unspecified atom stereocenters. The highest BCUT2D eigenvalue weighted by atomic mass is 35.5. The van der Waals surface area contributed by atoms with Crippen molar-refractivity contribution < 1.29 is 27.1 Å². The van der Waals surface area contributed by atoms with E-state index in [1.165, 1.54) is 44.6 Å². The number of carbonyl (C=O) groups is 1. The van der Waals surface area contributed by atoms with Gasteiger partial charge < -0.3 is 14.8 Å². The van der Waals surface area contributed by atoms with Crippen LogP contribution in [0.5, 0.6) is 11.5 Å². The smallest absolute Gasteiger partial charge is 0.257 e. The minimum Gasteiger partial charge on any atom is -0.493 e. The molecule has 0 atom stereocenters. The van der Waals surface area contributed by atoms with Crippen LogP contribution in [0.2, 0.25) is 5.02 Å². The van der Waals surface area contributed by atoms with E-state index in [1.54, 1.807) is 31.2 Å². The molecule has 0 aliphatic carbocycles. The van der Waals surface area contributed by atoms with Crippen LogP contribution in [0, 0.1) is 12.7 Å². The van der Waals surface area contributed by atoms with E-state index in [2.05, 4.69) is 5.32 Å². The second-order valence-electron chi connectivity index (χ2n) is 7.45. The van der Waals surface area contributed by atoms with Gasteiger partial charge >= 0.3 is 0 Å². The van der Waals surface area contributed by atoms with Gasteiger partial charge in [-0.1, -0.05) is 35.9 Å². The Balaban J connectivity index is 2.18. The van der Waals surface area contributed by atoms with Crippen molar-refractivity contribution in [2.45, 2.75) is 13.5 Å². The molecule has 0 aromatic heterocycles. The molecule has 0 bridgehead atoms. The van der Waals surface area contributed by atoms with E-state index in [-0.39, 0.29) is 34.9 Å². The van der Waals surface area contributed by atoms with Gasteiger partial charge in [0.25, 0.3) is 5.91 Å². The molecule has 180 valence electrons. The molecule has 0 fully saturated rings. The maximum Gasteiger partial charge on any atom is 0.257 e. The fraction of sp³-hybridized carbons (Fsp3) is 0.208. The Hall–Kier alpha value is -3.30. The van der Waals surface area contributed by atoms with Gasteiger partial charge in [0.15, 0.2) is 11.5 Å². The molecule has 3 rings (SSSR count). The average molecular weight is 507 g/mol. The fourth-order valence-corrected chi connectivity index (χ4v) is 4.41. The number of hydrogen-bond donors (Lipinski definition) is 1. The number of halogens is 2. The number of carbonyl (C=O) groups excluding carboxylic acids is 1. The van der Waals surface area contributed by atoms with Crippen LogP contribution in [0.1, 0.15) is 21.5 Å². The summed E-state index contributed by atoms with van der Waals surface area (Å²) in [6.07, 6.45) is 0.980. The number of amides is 1. The first kappa shape index (κ1) is 25.3. The molecule has 3 aromatic rings. The molecule has 10 heteroatoms. The summed E-state index contributed by atoms with van der Waals surface area (Å²) in [5.74, 6) is -0.755. The van der Waals surface area contributed by atoms with Crippen molar-refractivity contribution >= 4 is 38.9 Å². The van der Waals surface area contributed by atoms with Crippen LogP contribution in [0.3, 0.4) is 0 Å².